The SMILES string of the molecule is CCc1ccc(C(=O)O)c(-n2cnnc2)c1. The first-order chi connectivity index (χ1) is 7.72. The van der Waals surface area contributed by atoms with Crippen LogP contribution in [0.2, 0.25) is 0 Å². The van der Waals surface area contributed by atoms with E-state index in [0.29, 0.717) is 5.69 Å². The van der Waals surface area contributed by atoms with Crippen LogP contribution in [0.3, 0.4) is 0 Å². The molecule has 0 aliphatic heterocycles. The van der Waals surface area contributed by atoms with E-state index in [1.807, 2.05) is 19.1 Å². The minimum absolute atomic E-state index is 0.247. The van der Waals surface area contributed by atoms with E-state index >= 15 is 0 Å². The number of aryl methyl sites for hydroxylation is 1. The van der Waals surface area contributed by atoms with Crippen molar-refractivity contribution in [1.29, 1.82) is 0 Å². The summed E-state index contributed by atoms with van der Waals surface area (Å²) in [5.41, 5.74) is 1.92. The second-order valence-corrected chi connectivity index (χ2v) is 3.38. The van der Waals surface area contributed by atoms with Crippen LogP contribution in [-0.4, -0.2) is 25.8 Å². The van der Waals surface area contributed by atoms with Crippen molar-refractivity contribution in [3.05, 3.63) is 42.0 Å². The molecular formula is C11H11N3O2. The smallest absolute Gasteiger partial charge is 0.337 e. The number of hydrogen-bond acceptors (Lipinski definition) is 3. The number of nitrogens with zero attached hydrogens (tertiary/aromatic N) is 3. The summed E-state index contributed by atoms with van der Waals surface area (Å²) in [6.45, 7) is 2.02. The third kappa shape index (κ3) is 1.79. The van der Waals surface area contributed by atoms with Crippen molar-refractivity contribution >= 4 is 5.97 Å². The Morgan fingerprint density at radius 3 is 2.62 bits per heavy atom. The van der Waals surface area contributed by atoms with E-state index in [4.69, 9.17) is 5.11 Å². The first-order valence-electron chi connectivity index (χ1n) is 4.93. The molecule has 2 rings (SSSR count). The van der Waals surface area contributed by atoms with Crippen molar-refractivity contribution < 1.29 is 9.90 Å². The Bertz CT molecular complexity index is 506. The van der Waals surface area contributed by atoms with Gasteiger partial charge in [-0.25, -0.2) is 4.79 Å². The molecule has 1 aromatic heterocycles. The zero-order valence-electron chi connectivity index (χ0n) is 8.79. The maximum absolute atomic E-state index is 11.1. The number of carbonyl (C=O) groups is 1. The van der Waals surface area contributed by atoms with Gasteiger partial charge in [0, 0.05) is 0 Å². The van der Waals surface area contributed by atoms with E-state index in [2.05, 4.69) is 10.2 Å². The summed E-state index contributed by atoms with van der Waals surface area (Å²) in [7, 11) is 0. The molecule has 2 aromatic rings. The fraction of sp³-hybridized carbons (Fsp3) is 0.182. The summed E-state index contributed by atoms with van der Waals surface area (Å²) >= 11 is 0. The van der Waals surface area contributed by atoms with Gasteiger partial charge in [0.15, 0.2) is 0 Å². The molecule has 0 aliphatic rings. The highest BCUT2D eigenvalue weighted by Gasteiger charge is 2.11. The lowest BCUT2D eigenvalue weighted by atomic mass is 10.1. The van der Waals surface area contributed by atoms with Gasteiger partial charge in [-0.1, -0.05) is 13.0 Å². The molecule has 82 valence electrons. The molecule has 1 heterocycles. The molecule has 0 radical (unpaired) electrons. The van der Waals surface area contributed by atoms with Crippen molar-refractivity contribution in [2.45, 2.75) is 13.3 Å². The lowest BCUT2D eigenvalue weighted by molar-refractivity contribution is 0.0697. The normalized spacial score (nSPS) is 10.3. The highest BCUT2D eigenvalue weighted by atomic mass is 16.4. The molecule has 5 heteroatoms. The summed E-state index contributed by atoms with van der Waals surface area (Å²) in [5, 5.41) is 16.4. The molecule has 0 amide bonds. The van der Waals surface area contributed by atoms with E-state index in [9.17, 15) is 4.79 Å². The van der Waals surface area contributed by atoms with Crippen LogP contribution in [0.4, 0.5) is 0 Å². The van der Waals surface area contributed by atoms with Crippen LogP contribution in [-0.2, 0) is 6.42 Å². The fourth-order valence-electron chi connectivity index (χ4n) is 1.52. The Hall–Kier alpha value is -2.17. The Kier molecular flexibility index (Phi) is 2.68. The Labute approximate surface area is 92.4 Å². The predicted octanol–water partition coefficient (Wildman–Crippen LogP) is 1.53. The molecule has 0 atom stereocenters. The van der Waals surface area contributed by atoms with Gasteiger partial charge in [0.1, 0.15) is 12.7 Å². The van der Waals surface area contributed by atoms with Crippen LogP contribution < -0.4 is 0 Å². The van der Waals surface area contributed by atoms with Crippen LogP contribution in [0.15, 0.2) is 30.9 Å². The Morgan fingerprint density at radius 2 is 2.06 bits per heavy atom. The van der Waals surface area contributed by atoms with Gasteiger partial charge in [-0.2, -0.15) is 0 Å². The molecular weight excluding hydrogens is 206 g/mol. The van der Waals surface area contributed by atoms with Crippen LogP contribution >= 0.6 is 0 Å². The molecule has 1 N–H and O–H groups in total. The maximum Gasteiger partial charge on any atom is 0.337 e. The third-order valence-electron chi connectivity index (χ3n) is 2.40. The van der Waals surface area contributed by atoms with Crippen LogP contribution in [0.25, 0.3) is 5.69 Å². The zero-order valence-corrected chi connectivity index (χ0v) is 8.79. The Balaban J connectivity index is 2.59. The summed E-state index contributed by atoms with van der Waals surface area (Å²) in [5.74, 6) is -0.952. The van der Waals surface area contributed by atoms with Gasteiger partial charge in [0.2, 0.25) is 0 Å². The van der Waals surface area contributed by atoms with Gasteiger partial charge in [-0.15, -0.1) is 10.2 Å². The number of aromatic nitrogens is 3. The summed E-state index contributed by atoms with van der Waals surface area (Å²) in [6, 6.07) is 5.26. The quantitative estimate of drug-likeness (QED) is 0.846. The van der Waals surface area contributed by atoms with Crippen LogP contribution in [0.5, 0.6) is 0 Å². The molecule has 0 bridgehead atoms. The van der Waals surface area contributed by atoms with Crippen LogP contribution in [0, 0.1) is 0 Å². The first kappa shape index (κ1) is 10.4. The number of benzene rings is 1. The molecule has 0 fully saturated rings. The minimum atomic E-state index is -0.952. The van der Waals surface area contributed by atoms with Crippen molar-refractivity contribution in [3.63, 3.8) is 0 Å². The van der Waals surface area contributed by atoms with Crippen molar-refractivity contribution in [1.82, 2.24) is 14.8 Å². The van der Waals surface area contributed by atoms with Gasteiger partial charge in [-0.05, 0) is 24.1 Å². The maximum atomic E-state index is 11.1. The number of rotatable bonds is 3. The van der Waals surface area contributed by atoms with Crippen molar-refractivity contribution in [3.8, 4) is 5.69 Å². The summed E-state index contributed by atoms with van der Waals surface area (Å²) in [6.07, 6.45) is 3.83. The van der Waals surface area contributed by atoms with Crippen molar-refractivity contribution in [2.75, 3.05) is 0 Å². The average Bonchev–Trinajstić information content (AvgIpc) is 2.81. The standard InChI is InChI=1S/C11H11N3O2/c1-2-8-3-4-9(11(15)16)10(5-8)14-6-12-13-7-14/h3-7H,2H2,1H3,(H,15,16). The van der Waals surface area contributed by atoms with E-state index < -0.39 is 5.97 Å². The van der Waals surface area contributed by atoms with Crippen LogP contribution in [0.1, 0.15) is 22.8 Å². The third-order valence-corrected chi connectivity index (χ3v) is 2.40. The molecule has 1 aromatic carbocycles. The molecule has 0 spiro atoms. The molecule has 0 aliphatic carbocycles. The van der Waals surface area contributed by atoms with Gasteiger partial charge >= 0.3 is 5.97 Å². The topological polar surface area (TPSA) is 68.0 Å². The van der Waals surface area contributed by atoms with Gasteiger partial charge in [0.05, 0.1) is 11.3 Å². The number of carboxylic acids is 1. The predicted molar refractivity (Wildman–Crippen MR) is 57.7 cm³/mol. The van der Waals surface area contributed by atoms with Gasteiger partial charge in [0.25, 0.3) is 0 Å². The Morgan fingerprint density at radius 1 is 1.38 bits per heavy atom. The molecule has 16 heavy (non-hydrogen) atoms. The highest BCUT2D eigenvalue weighted by molar-refractivity contribution is 5.92. The average molecular weight is 217 g/mol. The van der Waals surface area contributed by atoms with E-state index in [1.165, 1.54) is 12.7 Å². The highest BCUT2D eigenvalue weighted by Crippen LogP contribution is 2.16. The first-order valence-corrected chi connectivity index (χ1v) is 4.93. The van der Waals surface area contributed by atoms with E-state index in [-0.39, 0.29) is 5.56 Å². The number of hydrogen-bond donors (Lipinski definition) is 1. The molecule has 0 unspecified atom stereocenters. The largest absolute Gasteiger partial charge is 0.478 e. The molecule has 0 saturated carbocycles. The zero-order chi connectivity index (χ0) is 11.5. The summed E-state index contributed by atoms with van der Waals surface area (Å²) < 4.78 is 1.60. The minimum Gasteiger partial charge on any atom is -0.478 e. The van der Waals surface area contributed by atoms with E-state index in [0.717, 1.165) is 12.0 Å². The number of carboxylic acid groups (broad SMARTS) is 1. The lowest BCUT2D eigenvalue weighted by Crippen LogP contribution is -2.05. The fourth-order valence-corrected chi connectivity index (χ4v) is 1.52. The van der Waals surface area contributed by atoms with Crippen molar-refractivity contribution in [2.24, 2.45) is 0 Å². The molecule has 5 nitrogen and oxygen atoms in total. The second kappa shape index (κ2) is 4.14. The van der Waals surface area contributed by atoms with E-state index in [1.54, 1.807) is 10.6 Å². The summed E-state index contributed by atoms with van der Waals surface area (Å²) in [4.78, 5) is 11.1. The second-order valence-electron chi connectivity index (χ2n) is 3.38. The van der Waals surface area contributed by atoms with Gasteiger partial charge in [-0.3, -0.25) is 4.57 Å². The number of aromatic carboxylic acids is 1. The molecule has 0 saturated heterocycles. The lowest BCUT2D eigenvalue weighted by Gasteiger charge is -2.07. The van der Waals surface area contributed by atoms with Gasteiger partial charge < -0.3 is 5.11 Å². The monoisotopic (exact) mass is 217 g/mol.